The minimum atomic E-state index is -0.527. The molecule has 1 atom stereocenters. The SMILES string of the molecule is CC(NC(=O)c1ccc([N+](=O)[O-])s1)c1ccc(Cl)cc1Cl. The van der Waals surface area contributed by atoms with Gasteiger partial charge in [-0.2, -0.15) is 0 Å². The van der Waals surface area contributed by atoms with Gasteiger partial charge in [0.15, 0.2) is 0 Å². The Morgan fingerprint density at radius 3 is 2.62 bits per heavy atom. The highest BCUT2D eigenvalue weighted by Crippen LogP contribution is 2.28. The second-order valence-electron chi connectivity index (χ2n) is 4.26. The number of nitro groups is 1. The molecule has 21 heavy (non-hydrogen) atoms. The molecule has 1 heterocycles. The molecule has 5 nitrogen and oxygen atoms in total. The van der Waals surface area contributed by atoms with Crippen LogP contribution in [-0.2, 0) is 0 Å². The number of carbonyl (C=O) groups excluding carboxylic acids is 1. The molecule has 1 amide bonds. The van der Waals surface area contributed by atoms with Crippen molar-refractivity contribution in [1.29, 1.82) is 0 Å². The van der Waals surface area contributed by atoms with Crippen LogP contribution >= 0.6 is 34.5 Å². The highest BCUT2D eigenvalue weighted by Gasteiger charge is 2.18. The first-order valence-electron chi connectivity index (χ1n) is 5.88. The zero-order chi connectivity index (χ0) is 15.6. The molecule has 2 aromatic rings. The molecule has 1 aromatic heterocycles. The summed E-state index contributed by atoms with van der Waals surface area (Å²) in [5.41, 5.74) is 0.723. The fourth-order valence-corrected chi connectivity index (χ4v) is 3.04. The van der Waals surface area contributed by atoms with Crippen molar-refractivity contribution in [3.8, 4) is 0 Å². The minimum absolute atomic E-state index is 0.0719. The molecule has 0 spiro atoms. The Labute approximate surface area is 134 Å². The Bertz CT molecular complexity index is 702. The van der Waals surface area contributed by atoms with Crippen molar-refractivity contribution < 1.29 is 9.72 Å². The molecule has 1 aromatic carbocycles. The average molecular weight is 345 g/mol. The van der Waals surface area contributed by atoms with Crippen molar-refractivity contribution in [2.45, 2.75) is 13.0 Å². The fourth-order valence-electron chi connectivity index (χ4n) is 1.75. The molecule has 1 N–H and O–H groups in total. The van der Waals surface area contributed by atoms with Crippen LogP contribution in [0.15, 0.2) is 30.3 Å². The second-order valence-corrected chi connectivity index (χ2v) is 6.16. The maximum atomic E-state index is 12.1. The van der Waals surface area contributed by atoms with Crippen molar-refractivity contribution >= 4 is 45.4 Å². The van der Waals surface area contributed by atoms with Crippen LogP contribution in [-0.4, -0.2) is 10.8 Å². The van der Waals surface area contributed by atoms with Gasteiger partial charge in [0.2, 0.25) is 0 Å². The van der Waals surface area contributed by atoms with E-state index in [1.165, 1.54) is 12.1 Å². The number of hydrogen-bond acceptors (Lipinski definition) is 4. The van der Waals surface area contributed by atoms with Gasteiger partial charge in [0.25, 0.3) is 5.91 Å². The molecule has 0 bridgehead atoms. The highest BCUT2D eigenvalue weighted by molar-refractivity contribution is 7.17. The van der Waals surface area contributed by atoms with Gasteiger partial charge in [-0.15, -0.1) is 0 Å². The summed E-state index contributed by atoms with van der Waals surface area (Å²) in [6.45, 7) is 1.77. The van der Waals surface area contributed by atoms with E-state index in [2.05, 4.69) is 5.32 Å². The Hall–Kier alpha value is -1.63. The smallest absolute Gasteiger partial charge is 0.324 e. The summed E-state index contributed by atoms with van der Waals surface area (Å²) in [4.78, 5) is 22.4. The lowest BCUT2D eigenvalue weighted by Gasteiger charge is -2.15. The number of rotatable bonds is 4. The van der Waals surface area contributed by atoms with Crippen LogP contribution in [0.25, 0.3) is 0 Å². The van der Waals surface area contributed by atoms with Gasteiger partial charge in [-0.05, 0) is 30.7 Å². The summed E-state index contributed by atoms with van der Waals surface area (Å²) < 4.78 is 0. The molecule has 1 unspecified atom stereocenters. The lowest BCUT2D eigenvalue weighted by atomic mass is 10.1. The Morgan fingerprint density at radius 2 is 2.05 bits per heavy atom. The molecular formula is C13H10Cl2N2O3S. The predicted octanol–water partition coefficient (Wildman–Crippen LogP) is 4.45. The lowest BCUT2D eigenvalue weighted by molar-refractivity contribution is -0.380. The van der Waals surface area contributed by atoms with Crippen LogP contribution in [0.2, 0.25) is 10.0 Å². The first-order chi connectivity index (χ1) is 9.88. The van der Waals surface area contributed by atoms with E-state index in [-0.39, 0.29) is 21.8 Å². The minimum Gasteiger partial charge on any atom is -0.345 e. The summed E-state index contributed by atoms with van der Waals surface area (Å²) in [5, 5.41) is 14.2. The summed E-state index contributed by atoms with van der Waals surface area (Å²) >= 11 is 12.7. The van der Waals surface area contributed by atoms with Gasteiger partial charge in [0, 0.05) is 16.1 Å². The van der Waals surface area contributed by atoms with E-state index < -0.39 is 4.92 Å². The highest BCUT2D eigenvalue weighted by atomic mass is 35.5. The van der Waals surface area contributed by atoms with Gasteiger partial charge in [-0.1, -0.05) is 40.6 Å². The van der Waals surface area contributed by atoms with Crippen molar-refractivity contribution in [2.24, 2.45) is 0 Å². The summed E-state index contributed by atoms with van der Waals surface area (Å²) in [6, 6.07) is 7.39. The van der Waals surface area contributed by atoms with Crippen LogP contribution < -0.4 is 5.32 Å². The topological polar surface area (TPSA) is 72.2 Å². The normalized spacial score (nSPS) is 12.0. The fraction of sp³-hybridized carbons (Fsp3) is 0.154. The van der Waals surface area contributed by atoms with Crippen LogP contribution in [0.5, 0.6) is 0 Å². The molecule has 110 valence electrons. The Morgan fingerprint density at radius 1 is 1.33 bits per heavy atom. The number of benzene rings is 1. The van der Waals surface area contributed by atoms with Gasteiger partial charge in [-0.3, -0.25) is 14.9 Å². The van der Waals surface area contributed by atoms with E-state index in [0.717, 1.165) is 16.9 Å². The molecule has 2 rings (SSSR count). The average Bonchev–Trinajstić information content (AvgIpc) is 2.88. The van der Waals surface area contributed by atoms with Crippen LogP contribution in [0, 0.1) is 10.1 Å². The van der Waals surface area contributed by atoms with E-state index in [4.69, 9.17) is 23.2 Å². The third-order valence-electron chi connectivity index (χ3n) is 2.77. The molecule has 0 saturated carbocycles. The summed E-state index contributed by atoms with van der Waals surface area (Å²) in [5.74, 6) is -0.383. The maximum absolute atomic E-state index is 12.1. The van der Waals surface area contributed by atoms with Gasteiger partial charge in [0.05, 0.1) is 15.8 Å². The molecule has 0 aliphatic rings. The first-order valence-corrected chi connectivity index (χ1v) is 7.45. The van der Waals surface area contributed by atoms with E-state index in [9.17, 15) is 14.9 Å². The zero-order valence-electron chi connectivity index (χ0n) is 10.8. The first kappa shape index (κ1) is 15.8. The largest absolute Gasteiger partial charge is 0.345 e. The van der Waals surface area contributed by atoms with Crippen LogP contribution in [0.1, 0.15) is 28.2 Å². The Balaban J connectivity index is 2.12. The van der Waals surface area contributed by atoms with E-state index in [1.807, 2.05) is 0 Å². The lowest BCUT2D eigenvalue weighted by Crippen LogP contribution is -2.26. The zero-order valence-corrected chi connectivity index (χ0v) is 13.1. The molecule has 8 heteroatoms. The van der Waals surface area contributed by atoms with E-state index in [1.54, 1.807) is 25.1 Å². The van der Waals surface area contributed by atoms with Gasteiger partial charge in [-0.25, -0.2) is 0 Å². The van der Waals surface area contributed by atoms with Gasteiger partial charge < -0.3 is 5.32 Å². The predicted molar refractivity (Wildman–Crippen MR) is 83.3 cm³/mol. The molecule has 0 radical (unpaired) electrons. The number of amides is 1. The third-order valence-corrected chi connectivity index (χ3v) is 4.37. The Kier molecular flexibility index (Phi) is 4.82. The van der Waals surface area contributed by atoms with Crippen molar-refractivity contribution in [1.82, 2.24) is 5.32 Å². The number of nitrogens with one attached hydrogen (secondary N) is 1. The number of halogens is 2. The second kappa shape index (κ2) is 6.43. The molecule has 0 saturated heterocycles. The molecular weight excluding hydrogens is 335 g/mol. The van der Waals surface area contributed by atoms with E-state index in [0.29, 0.717) is 10.0 Å². The molecule has 0 fully saturated rings. The quantitative estimate of drug-likeness (QED) is 0.657. The summed E-state index contributed by atoms with van der Waals surface area (Å²) in [6.07, 6.45) is 0. The third kappa shape index (κ3) is 3.72. The maximum Gasteiger partial charge on any atom is 0.324 e. The van der Waals surface area contributed by atoms with E-state index >= 15 is 0 Å². The molecule has 0 aliphatic heterocycles. The summed E-state index contributed by atoms with van der Waals surface area (Å²) in [7, 11) is 0. The number of nitrogens with zero attached hydrogens (tertiary/aromatic N) is 1. The van der Waals surface area contributed by atoms with Gasteiger partial charge in [0.1, 0.15) is 0 Å². The van der Waals surface area contributed by atoms with Crippen molar-refractivity contribution in [2.75, 3.05) is 0 Å². The standard InChI is InChI=1S/C13H10Cl2N2O3S/c1-7(9-3-2-8(14)6-10(9)15)16-13(18)11-4-5-12(21-11)17(19)20/h2-7H,1H3,(H,16,18). The van der Waals surface area contributed by atoms with Crippen LogP contribution in [0.3, 0.4) is 0 Å². The molecule has 0 aliphatic carbocycles. The monoisotopic (exact) mass is 344 g/mol. The number of hydrogen-bond donors (Lipinski definition) is 1. The van der Waals surface area contributed by atoms with Crippen molar-refractivity contribution in [3.63, 3.8) is 0 Å². The number of thiophene rings is 1. The van der Waals surface area contributed by atoms with Crippen LogP contribution in [0.4, 0.5) is 5.00 Å². The van der Waals surface area contributed by atoms with Gasteiger partial charge >= 0.3 is 5.00 Å². The number of carbonyl (C=O) groups is 1. The van der Waals surface area contributed by atoms with Crippen molar-refractivity contribution in [3.05, 3.63) is 60.9 Å².